The molecule has 53 heavy (non-hydrogen) atoms. The second kappa shape index (κ2) is 14.8. The first-order valence-corrected chi connectivity index (χ1v) is 18.3. The van der Waals surface area contributed by atoms with Crippen molar-refractivity contribution in [3.8, 4) is 0 Å². The smallest absolute Gasteiger partial charge is 0.284 e. The molecule has 0 saturated carbocycles. The molecular weight excluding hydrogens is 705 g/mol. The normalized spacial score (nSPS) is 14.8. The van der Waals surface area contributed by atoms with Crippen molar-refractivity contribution in [1.29, 1.82) is 0 Å². The number of rotatable bonds is 10. The fraction of sp³-hybridized carbons (Fsp3) is 0.0732. The molecule has 0 N–H and O–H groups in total. The molecule has 6 aromatic carbocycles. The summed E-state index contributed by atoms with van der Waals surface area (Å²) in [4.78, 5) is 27.7. The zero-order valence-corrected chi connectivity index (χ0v) is 29.7. The minimum Gasteiger partial charge on any atom is -0.321 e. The number of nitro benzene ring substituents is 2. The van der Waals surface area contributed by atoms with Gasteiger partial charge in [-0.2, -0.15) is 8.80 Å². The van der Waals surface area contributed by atoms with Crippen molar-refractivity contribution in [3.63, 3.8) is 0 Å². The molecule has 2 aliphatic rings. The minimum atomic E-state index is -0.379. The summed E-state index contributed by atoms with van der Waals surface area (Å²) >= 11 is 2.24. The van der Waals surface area contributed by atoms with Crippen LogP contribution >= 0.6 is 23.9 Å². The van der Waals surface area contributed by atoms with E-state index in [-0.39, 0.29) is 21.2 Å². The summed E-state index contributed by atoms with van der Waals surface area (Å²) < 4.78 is 9.67. The molecule has 0 radical (unpaired) electrons. The number of para-hydroxylation sites is 2. The Morgan fingerprint density at radius 3 is 1.30 bits per heavy atom. The Kier molecular flexibility index (Phi) is 9.45. The molecule has 2 aliphatic heterocycles. The van der Waals surface area contributed by atoms with Crippen LogP contribution in [0.3, 0.4) is 0 Å². The van der Waals surface area contributed by atoms with E-state index in [9.17, 15) is 20.2 Å². The van der Waals surface area contributed by atoms with Gasteiger partial charge in [-0.3, -0.25) is 20.2 Å². The van der Waals surface area contributed by atoms with Crippen molar-refractivity contribution in [3.05, 3.63) is 199 Å². The Labute approximate surface area is 314 Å². The van der Waals surface area contributed by atoms with E-state index in [1.54, 1.807) is 36.4 Å². The molecule has 0 amide bonds. The van der Waals surface area contributed by atoms with Crippen molar-refractivity contribution < 1.29 is 9.85 Å². The van der Waals surface area contributed by atoms with Crippen molar-refractivity contribution >= 4 is 58.3 Å². The number of nitrogens with zero attached hydrogens (tertiary/aromatic N) is 6. The van der Waals surface area contributed by atoms with Gasteiger partial charge in [-0.15, -0.1) is 0 Å². The van der Waals surface area contributed by atoms with E-state index in [2.05, 4.69) is 70.5 Å². The Morgan fingerprint density at radius 2 is 0.887 bits per heavy atom. The van der Waals surface area contributed by atoms with E-state index in [0.29, 0.717) is 22.9 Å². The summed E-state index contributed by atoms with van der Waals surface area (Å²) in [6.45, 7) is 1.30. The Morgan fingerprint density at radius 1 is 0.509 bits per heavy atom. The summed E-state index contributed by atoms with van der Waals surface area (Å²) in [5, 5.41) is 23.2. The minimum absolute atomic E-state index is 0.0338. The van der Waals surface area contributed by atoms with Gasteiger partial charge in [0.25, 0.3) is 11.4 Å². The van der Waals surface area contributed by atoms with E-state index in [4.69, 9.17) is 8.80 Å². The summed E-state index contributed by atoms with van der Waals surface area (Å²) in [7, 11) is 0. The van der Waals surface area contributed by atoms with Crippen LogP contribution in [-0.4, -0.2) is 21.5 Å². The molecule has 0 aromatic heterocycles. The van der Waals surface area contributed by atoms with Gasteiger partial charge in [0.1, 0.15) is 21.5 Å². The monoisotopic (exact) mass is 734 g/mol. The quantitative estimate of drug-likeness (QED) is 0.0776. The number of nitro groups is 2. The van der Waals surface area contributed by atoms with Gasteiger partial charge in [-0.1, -0.05) is 97.1 Å². The molecule has 8 rings (SSSR count). The van der Waals surface area contributed by atoms with Gasteiger partial charge >= 0.3 is 0 Å². The predicted molar refractivity (Wildman–Crippen MR) is 212 cm³/mol. The van der Waals surface area contributed by atoms with Crippen LogP contribution in [0.1, 0.15) is 33.4 Å². The fourth-order valence-corrected chi connectivity index (χ4v) is 8.05. The Hall–Kier alpha value is -6.24. The maximum atomic E-state index is 11.6. The van der Waals surface area contributed by atoms with Gasteiger partial charge in [-0.25, -0.2) is 0 Å². The van der Waals surface area contributed by atoms with Crippen LogP contribution in [0.5, 0.6) is 0 Å². The third kappa shape index (κ3) is 7.02. The zero-order valence-electron chi connectivity index (χ0n) is 28.1. The molecule has 260 valence electrons. The number of anilines is 2. The molecule has 12 heteroatoms. The van der Waals surface area contributed by atoms with Crippen molar-refractivity contribution in [2.24, 2.45) is 8.80 Å². The fourth-order valence-electron chi connectivity index (χ4n) is 6.54. The Bertz CT molecular complexity index is 2250. The first kappa shape index (κ1) is 33.9. The van der Waals surface area contributed by atoms with Crippen LogP contribution in [0.25, 0.3) is 0 Å². The highest BCUT2D eigenvalue weighted by molar-refractivity contribution is 7.98. The molecule has 2 heterocycles. The van der Waals surface area contributed by atoms with E-state index in [1.165, 1.54) is 12.1 Å². The van der Waals surface area contributed by atoms with Gasteiger partial charge in [-0.05, 0) is 65.1 Å². The predicted octanol–water partition coefficient (Wildman–Crippen LogP) is 10.0. The number of hydrogen-bond donors (Lipinski definition) is 0. The molecule has 10 nitrogen and oxygen atoms in total. The zero-order chi connectivity index (χ0) is 36.3. The summed E-state index contributed by atoms with van der Waals surface area (Å²) in [6.07, 6.45) is 0.740. The molecule has 0 aliphatic carbocycles. The number of fused-ring (bicyclic) bond motifs is 2. The van der Waals surface area contributed by atoms with Crippen LogP contribution in [0.2, 0.25) is 0 Å². The molecule has 0 spiro atoms. The maximum Gasteiger partial charge on any atom is 0.284 e. The van der Waals surface area contributed by atoms with E-state index in [1.807, 2.05) is 36.4 Å². The van der Waals surface area contributed by atoms with Crippen LogP contribution in [0.15, 0.2) is 164 Å². The molecule has 0 saturated heterocycles. The molecule has 0 unspecified atom stereocenters. The first-order valence-electron chi connectivity index (χ1n) is 16.8. The largest absolute Gasteiger partial charge is 0.321 e. The Balaban J connectivity index is 0.995. The molecule has 0 fully saturated rings. The lowest BCUT2D eigenvalue weighted by Gasteiger charge is -2.20. The van der Waals surface area contributed by atoms with E-state index in [0.717, 1.165) is 86.7 Å². The van der Waals surface area contributed by atoms with Crippen LogP contribution in [0.4, 0.5) is 22.7 Å². The van der Waals surface area contributed by atoms with Gasteiger partial charge in [0.15, 0.2) is 0 Å². The van der Waals surface area contributed by atoms with Gasteiger partial charge in [0.05, 0.1) is 22.9 Å². The summed E-state index contributed by atoms with van der Waals surface area (Å²) in [5.74, 6) is 1.53. The second-order valence-electron chi connectivity index (χ2n) is 12.5. The van der Waals surface area contributed by atoms with Gasteiger partial charge < -0.3 is 9.80 Å². The number of hydrogen-bond acceptors (Lipinski definition) is 8. The maximum absolute atomic E-state index is 11.6. The second-order valence-corrected chi connectivity index (χ2v) is 14.1. The van der Waals surface area contributed by atoms with Crippen LogP contribution in [0, 0.1) is 20.2 Å². The van der Waals surface area contributed by atoms with Crippen LogP contribution < -0.4 is 9.80 Å². The standard InChI is InChI=1S/C41H30N6O4S2/c48-46(49)36-13-5-7-15-38(36)52-42-40-34-11-3-1-9-30(34)26-44(40)32-21-17-28(18-22-32)25-29-19-23-33(24-20-29)45-27-31-10-2-4-12-35(31)41(45)43-53-39-16-8-6-14-37(39)47(50)51/h1-24H,25-27H2. The summed E-state index contributed by atoms with van der Waals surface area (Å²) in [5.41, 5.74) is 8.67. The molecular formula is C41H30N6O4S2. The lowest BCUT2D eigenvalue weighted by molar-refractivity contribution is -0.387. The lowest BCUT2D eigenvalue weighted by Crippen LogP contribution is -2.23. The number of benzene rings is 6. The van der Waals surface area contributed by atoms with Gasteiger partial charge in [0, 0.05) is 58.5 Å². The van der Waals surface area contributed by atoms with Gasteiger partial charge in [0.2, 0.25) is 0 Å². The topological polar surface area (TPSA) is 117 Å². The highest BCUT2D eigenvalue weighted by Crippen LogP contribution is 2.36. The highest BCUT2D eigenvalue weighted by Gasteiger charge is 2.28. The van der Waals surface area contributed by atoms with E-state index < -0.39 is 0 Å². The SMILES string of the molecule is O=[N+]([O-])c1ccccc1SN=C1c2ccccc2CN1c1ccc(Cc2ccc(N3Cc4ccccc4C3=NSc3ccccc3[N+](=O)[O-])cc2)cc1. The van der Waals surface area contributed by atoms with Crippen molar-refractivity contribution in [2.45, 2.75) is 29.3 Å². The molecule has 6 aromatic rings. The third-order valence-electron chi connectivity index (χ3n) is 9.17. The third-order valence-corrected chi connectivity index (χ3v) is 10.8. The molecule has 0 bridgehead atoms. The van der Waals surface area contributed by atoms with E-state index >= 15 is 0 Å². The summed E-state index contributed by atoms with van der Waals surface area (Å²) in [6, 6.07) is 46.4. The number of amidine groups is 2. The van der Waals surface area contributed by atoms with Crippen LogP contribution in [-0.2, 0) is 19.5 Å². The average Bonchev–Trinajstić information content (AvgIpc) is 3.75. The molecule has 0 atom stereocenters. The average molecular weight is 735 g/mol. The first-order chi connectivity index (χ1) is 25.9. The van der Waals surface area contributed by atoms with Crippen molar-refractivity contribution in [2.75, 3.05) is 9.80 Å². The highest BCUT2D eigenvalue weighted by atomic mass is 32.2. The van der Waals surface area contributed by atoms with Crippen molar-refractivity contribution in [1.82, 2.24) is 0 Å². The lowest BCUT2D eigenvalue weighted by atomic mass is 10.0.